The number of unbranched alkanes of at least 4 members (excludes halogenated alkanes) is 1. The fourth-order valence-electron chi connectivity index (χ4n) is 3.98. The van der Waals surface area contributed by atoms with Gasteiger partial charge in [-0.2, -0.15) is 0 Å². The van der Waals surface area contributed by atoms with Crippen molar-refractivity contribution in [2.24, 2.45) is 0 Å². The molecule has 0 radical (unpaired) electrons. The molecule has 4 rings (SSSR count). The average Bonchev–Trinajstić information content (AvgIpc) is 2.96. The molecule has 6 heteroatoms. The van der Waals surface area contributed by atoms with Gasteiger partial charge in [0.2, 0.25) is 5.75 Å². The van der Waals surface area contributed by atoms with Crippen molar-refractivity contribution in [1.29, 1.82) is 0 Å². The van der Waals surface area contributed by atoms with E-state index in [0.717, 1.165) is 41.9 Å². The van der Waals surface area contributed by atoms with Crippen LogP contribution in [0.4, 0.5) is 5.69 Å². The predicted molar refractivity (Wildman–Crippen MR) is 151 cm³/mol. The zero-order valence-electron chi connectivity index (χ0n) is 21.4. The molecule has 0 atom stereocenters. The highest BCUT2D eigenvalue weighted by atomic mass is 16.6. The van der Waals surface area contributed by atoms with Gasteiger partial charge in [-0.25, -0.2) is 0 Å². The highest BCUT2D eigenvalue weighted by molar-refractivity contribution is 5.75. The standard InChI is InChI=1S/C32H31NO5/c1-36-29-19-16-27(17-20-29)24-38-32-28(11-7-12-31(32)33(34)35)18-13-26-14-21-30(22-15-26)37-23-6-5-10-25-8-3-2-4-9-25/h2-4,7-9,11-22H,5-6,10,23-24H2,1H3/b18-13-. The maximum atomic E-state index is 11.7. The molecule has 4 aromatic carbocycles. The number of hydrogen-bond acceptors (Lipinski definition) is 5. The van der Waals surface area contributed by atoms with E-state index in [1.54, 1.807) is 19.2 Å². The van der Waals surface area contributed by atoms with Crippen LogP contribution in [0.15, 0.2) is 97.1 Å². The van der Waals surface area contributed by atoms with Crippen molar-refractivity contribution in [3.8, 4) is 17.2 Å². The summed E-state index contributed by atoms with van der Waals surface area (Å²) in [5, 5.41) is 11.7. The van der Waals surface area contributed by atoms with Crippen molar-refractivity contribution >= 4 is 17.8 Å². The van der Waals surface area contributed by atoms with Crippen LogP contribution in [0.3, 0.4) is 0 Å². The average molecular weight is 510 g/mol. The summed E-state index contributed by atoms with van der Waals surface area (Å²) in [6.07, 6.45) is 6.86. The lowest BCUT2D eigenvalue weighted by Crippen LogP contribution is -2.01. The topological polar surface area (TPSA) is 70.8 Å². The molecule has 0 saturated carbocycles. The predicted octanol–water partition coefficient (Wildman–Crippen LogP) is 7.75. The molecule has 0 spiro atoms. The Hall–Kier alpha value is -4.58. The molecule has 0 aliphatic heterocycles. The summed E-state index contributed by atoms with van der Waals surface area (Å²) < 4.78 is 17.0. The number of nitro groups is 1. The summed E-state index contributed by atoms with van der Waals surface area (Å²) in [4.78, 5) is 11.2. The van der Waals surface area contributed by atoms with Gasteiger partial charge in [0.15, 0.2) is 0 Å². The number of benzene rings is 4. The molecular formula is C32H31NO5. The fraction of sp³-hybridized carbons (Fsp3) is 0.188. The molecule has 0 saturated heterocycles. The van der Waals surface area contributed by atoms with Gasteiger partial charge >= 0.3 is 5.69 Å². The Morgan fingerprint density at radius 1 is 0.737 bits per heavy atom. The van der Waals surface area contributed by atoms with Gasteiger partial charge in [0.1, 0.15) is 18.1 Å². The van der Waals surface area contributed by atoms with E-state index in [4.69, 9.17) is 14.2 Å². The van der Waals surface area contributed by atoms with E-state index in [0.29, 0.717) is 12.2 Å². The minimum absolute atomic E-state index is 0.0725. The number of rotatable bonds is 13. The molecule has 194 valence electrons. The first-order chi connectivity index (χ1) is 18.6. The van der Waals surface area contributed by atoms with Gasteiger partial charge in [0, 0.05) is 11.6 Å². The second-order valence-corrected chi connectivity index (χ2v) is 8.78. The van der Waals surface area contributed by atoms with Crippen LogP contribution in [-0.4, -0.2) is 18.6 Å². The van der Waals surface area contributed by atoms with Crippen LogP contribution in [0.2, 0.25) is 0 Å². The van der Waals surface area contributed by atoms with Crippen molar-refractivity contribution in [2.45, 2.75) is 25.9 Å². The third-order valence-corrected chi connectivity index (χ3v) is 6.07. The van der Waals surface area contributed by atoms with Crippen LogP contribution >= 0.6 is 0 Å². The summed E-state index contributed by atoms with van der Waals surface area (Å²) in [5.41, 5.74) is 3.74. The number of nitrogens with zero attached hydrogens (tertiary/aromatic N) is 1. The minimum Gasteiger partial charge on any atom is -0.497 e. The number of nitro benzene ring substituents is 1. The number of para-hydroxylation sites is 1. The molecule has 0 unspecified atom stereocenters. The fourth-order valence-corrected chi connectivity index (χ4v) is 3.98. The first-order valence-corrected chi connectivity index (χ1v) is 12.6. The lowest BCUT2D eigenvalue weighted by atomic mass is 10.1. The van der Waals surface area contributed by atoms with Gasteiger partial charge in [-0.05, 0) is 60.2 Å². The molecule has 0 aromatic heterocycles. The molecule has 0 fully saturated rings. The van der Waals surface area contributed by atoms with Gasteiger partial charge in [0.25, 0.3) is 0 Å². The molecule has 4 aromatic rings. The first-order valence-electron chi connectivity index (χ1n) is 12.6. The van der Waals surface area contributed by atoms with Crippen LogP contribution in [0.5, 0.6) is 17.2 Å². The van der Waals surface area contributed by atoms with Crippen molar-refractivity contribution < 1.29 is 19.1 Å². The smallest absolute Gasteiger partial charge is 0.311 e. The molecule has 0 heterocycles. The SMILES string of the molecule is COc1ccc(COc2c(/C=C\c3ccc(OCCCCc4ccccc4)cc3)cccc2[N+](=O)[O-])cc1. The van der Waals surface area contributed by atoms with Crippen molar-refractivity contribution in [2.75, 3.05) is 13.7 Å². The van der Waals surface area contributed by atoms with Crippen molar-refractivity contribution in [3.05, 3.63) is 129 Å². The molecule has 38 heavy (non-hydrogen) atoms. The second kappa shape index (κ2) is 13.7. The Morgan fingerprint density at radius 3 is 2.18 bits per heavy atom. The maximum absolute atomic E-state index is 11.7. The van der Waals surface area contributed by atoms with Crippen LogP contribution in [0.1, 0.15) is 35.1 Å². The molecule has 0 aliphatic carbocycles. The largest absolute Gasteiger partial charge is 0.497 e. The summed E-state index contributed by atoms with van der Waals surface area (Å²) in [6, 6.07) is 30.6. The molecule has 0 bridgehead atoms. The van der Waals surface area contributed by atoms with Crippen LogP contribution in [0.25, 0.3) is 12.2 Å². The quantitative estimate of drug-likeness (QED) is 0.0797. The Labute approximate surface area is 223 Å². The summed E-state index contributed by atoms with van der Waals surface area (Å²) in [7, 11) is 1.60. The normalized spacial score (nSPS) is 10.9. The molecule has 0 aliphatic rings. The van der Waals surface area contributed by atoms with Crippen molar-refractivity contribution in [1.82, 2.24) is 0 Å². The monoisotopic (exact) mass is 509 g/mol. The third-order valence-electron chi connectivity index (χ3n) is 6.07. The van der Waals surface area contributed by atoms with E-state index >= 15 is 0 Å². The van der Waals surface area contributed by atoms with E-state index < -0.39 is 4.92 Å². The van der Waals surface area contributed by atoms with Gasteiger partial charge < -0.3 is 14.2 Å². The van der Waals surface area contributed by atoms with E-state index in [2.05, 4.69) is 24.3 Å². The second-order valence-electron chi connectivity index (χ2n) is 8.78. The van der Waals surface area contributed by atoms with E-state index in [1.807, 2.05) is 66.7 Å². The van der Waals surface area contributed by atoms with Gasteiger partial charge in [0.05, 0.1) is 18.6 Å². The van der Waals surface area contributed by atoms with Crippen molar-refractivity contribution in [3.63, 3.8) is 0 Å². The Kier molecular flexibility index (Phi) is 9.51. The lowest BCUT2D eigenvalue weighted by Gasteiger charge is -2.10. The summed E-state index contributed by atoms with van der Waals surface area (Å²) in [5.74, 6) is 1.79. The number of hydrogen-bond donors (Lipinski definition) is 0. The molecule has 6 nitrogen and oxygen atoms in total. The van der Waals surface area contributed by atoms with Crippen LogP contribution < -0.4 is 14.2 Å². The Bertz CT molecular complexity index is 1330. The maximum Gasteiger partial charge on any atom is 0.311 e. The summed E-state index contributed by atoms with van der Waals surface area (Å²) >= 11 is 0. The molecular weight excluding hydrogens is 478 g/mol. The molecule has 0 N–H and O–H groups in total. The highest BCUT2D eigenvalue weighted by Crippen LogP contribution is 2.33. The van der Waals surface area contributed by atoms with E-state index in [1.165, 1.54) is 11.6 Å². The van der Waals surface area contributed by atoms with E-state index in [-0.39, 0.29) is 18.0 Å². The third kappa shape index (κ3) is 7.71. The zero-order chi connectivity index (χ0) is 26.6. The van der Waals surface area contributed by atoms with Gasteiger partial charge in [-0.1, -0.05) is 78.9 Å². The van der Waals surface area contributed by atoms with Crippen LogP contribution in [0, 0.1) is 10.1 Å². The van der Waals surface area contributed by atoms with E-state index in [9.17, 15) is 10.1 Å². The highest BCUT2D eigenvalue weighted by Gasteiger charge is 2.18. The molecule has 0 amide bonds. The van der Waals surface area contributed by atoms with Gasteiger partial charge in [-0.15, -0.1) is 0 Å². The van der Waals surface area contributed by atoms with Gasteiger partial charge in [-0.3, -0.25) is 10.1 Å². The summed E-state index contributed by atoms with van der Waals surface area (Å²) in [6.45, 7) is 0.873. The first kappa shape index (κ1) is 26.5. The Balaban J connectivity index is 1.35. The van der Waals surface area contributed by atoms with Crippen LogP contribution in [-0.2, 0) is 13.0 Å². The number of aryl methyl sites for hydroxylation is 1. The minimum atomic E-state index is -0.424. The number of ether oxygens (including phenoxy) is 3. The zero-order valence-corrected chi connectivity index (χ0v) is 21.4. The Morgan fingerprint density at radius 2 is 1.47 bits per heavy atom. The lowest BCUT2D eigenvalue weighted by molar-refractivity contribution is -0.386. The number of methoxy groups -OCH3 is 1.